The van der Waals surface area contributed by atoms with Crippen molar-refractivity contribution in [3.63, 3.8) is 0 Å². The van der Waals surface area contributed by atoms with E-state index in [1.807, 2.05) is 18.2 Å². The van der Waals surface area contributed by atoms with Crippen molar-refractivity contribution in [2.75, 3.05) is 38.6 Å². The van der Waals surface area contributed by atoms with E-state index in [4.69, 9.17) is 10.5 Å². The Morgan fingerprint density at radius 3 is 2.53 bits per heavy atom. The number of carboxylic acid groups (broad SMARTS) is 1. The SMILES string of the molecule is COc1ccc2ncc(CN)c(CCCC3(C(=O)O)CCN(CCNc4cc(F)c(F)c(F)c4)CC3)c2c1. The number of likely N-dealkylation sites (tertiary alicyclic amines) is 1. The first-order chi connectivity index (χ1) is 18.3. The predicted molar refractivity (Wildman–Crippen MR) is 140 cm³/mol. The Balaban J connectivity index is 1.34. The molecule has 204 valence electrons. The van der Waals surface area contributed by atoms with Crippen molar-refractivity contribution in [2.45, 2.75) is 38.6 Å². The molecule has 0 atom stereocenters. The van der Waals surface area contributed by atoms with Gasteiger partial charge in [-0.15, -0.1) is 0 Å². The Bertz CT molecular complexity index is 1270. The summed E-state index contributed by atoms with van der Waals surface area (Å²) >= 11 is 0. The molecule has 0 radical (unpaired) electrons. The first-order valence-electron chi connectivity index (χ1n) is 12.7. The Morgan fingerprint density at radius 2 is 1.89 bits per heavy atom. The minimum absolute atomic E-state index is 0.163. The lowest BCUT2D eigenvalue weighted by molar-refractivity contribution is -0.152. The number of nitrogens with zero attached hydrogens (tertiary/aromatic N) is 2. The van der Waals surface area contributed by atoms with Gasteiger partial charge in [-0.2, -0.15) is 0 Å². The van der Waals surface area contributed by atoms with E-state index >= 15 is 0 Å². The van der Waals surface area contributed by atoms with Gasteiger partial charge in [-0.1, -0.05) is 0 Å². The van der Waals surface area contributed by atoms with E-state index in [-0.39, 0.29) is 5.69 Å². The summed E-state index contributed by atoms with van der Waals surface area (Å²) in [7, 11) is 1.61. The zero-order valence-corrected chi connectivity index (χ0v) is 21.4. The highest BCUT2D eigenvalue weighted by Crippen LogP contribution is 2.38. The molecule has 0 bridgehead atoms. The highest BCUT2D eigenvalue weighted by molar-refractivity contribution is 5.84. The number of fused-ring (bicyclic) bond motifs is 1. The third kappa shape index (κ3) is 6.02. The number of aryl methyl sites for hydroxylation is 1. The van der Waals surface area contributed by atoms with Crippen LogP contribution < -0.4 is 15.8 Å². The maximum absolute atomic E-state index is 13.4. The first kappa shape index (κ1) is 27.7. The molecule has 0 aliphatic carbocycles. The van der Waals surface area contributed by atoms with Gasteiger partial charge in [0.05, 0.1) is 18.0 Å². The number of methoxy groups -OCH3 is 1. The molecule has 1 aliphatic heterocycles. The lowest BCUT2D eigenvalue weighted by Gasteiger charge is -2.39. The van der Waals surface area contributed by atoms with Gasteiger partial charge in [0.1, 0.15) is 5.75 Å². The number of hydrogen-bond acceptors (Lipinski definition) is 6. The summed E-state index contributed by atoms with van der Waals surface area (Å²) < 4.78 is 45.3. The molecule has 38 heavy (non-hydrogen) atoms. The summed E-state index contributed by atoms with van der Waals surface area (Å²) in [5.41, 5.74) is 8.21. The second-order valence-electron chi connectivity index (χ2n) is 9.81. The van der Waals surface area contributed by atoms with Crippen LogP contribution in [0.3, 0.4) is 0 Å². The van der Waals surface area contributed by atoms with Crippen LogP contribution in [0.25, 0.3) is 10.9 Å². The summed E-state index contributed by atoms with van der Waals surface area (Å²) in [6, 6.07) is 7.56. The van der Waals surface area contributed by atoms with E-state index in [0.29, 0.717) is 64.8 Å². The van der Waals surface area contributed by atoms with Gasteiger partial charge in [0.25, 0.3) is 0 Å². The van der Waals surface area contributed by atoms with Crippen molar-refractivity contribution in [3.8, 4) is 5.75 Å². The van der Waals surface area contributed by atoms with Gasteiger partial charge >= 0.3 is 5.97 Å². The van der Waals surface area contributed by atoms with Gasteiger partial charge in [-0.05, 0) is 74.5 Å². The number of ether oxygens (including phenoxy) is 1. The summed E-state index contributed by atoms with van der Waals surface area (Å²) in [5, 5.41) is 14.0. The van der Waals surface area contributed by atoms with Gasteiger partial charge in [0, 0.05) is 49.0 Å². The lowest BCUT2D eigenvalue weighted by atomic mass is 9.74. The number of nitrogens with two attached hydrogens (primary N) is 1. The monoisotopic (exact) mass is 530 g/mol. The fourth-order valence-corrected chi connectivity index (χ4v) is 5.26. The van der Waals surface area contributed by atoms with Crippen molar-refractivity contribution in [1.29, 1.82) is 0 Å². The van der Waals surface area contributed by atoms with Crippen LogP contribution in [0.4, 0.5) is 18.9 Å². The van der Waals surface area contributed by atoms with Crippen LogP contribution in [0.15, 0.2) is 36.5 Å². The molecule has 1 saturated heterocycles. The van der Waals surface area contributed by atoms with Gasteiger partial charge in [0.2, 0.25) is 0 Å². The van der Waals surface area contributed by atoms with Crippen LogP contribution >= 0.6 is 0 Å². The third-order valence-electron chi connectivity index (χ3n) is 7.59. The van der Waals surface area contributed by atoms with Gasteiger partial charge in [-0.3, -0.25) is 9.78 Å². The molecule has 1 aliphatic rings. The molecule has 1 fully saturated rings. The van der Waals surface area contributed by atoms with Crippen LogP contribution in [-0.4, -0.2) is 54.2 Å². The zero-order valence-electron chi connectivity index (χ0n) is 21.4. The standard InChI is InChI=1S/C28H33F3N4O3/c1-38-20-4-5-25-22(15-20)21(18(16-32)17-34-25)3-2-6-28(27(36)37)7-10-35(11-8-28)12-9-33-19-13-23(29)26(31)24(30)14-19/h4-5,13-15,17,33H,2-3,6-12,16,32H2,1H3,(H,36,37). The Morgan fingerprint density at radius 1 is 1.18 bits per heavy atom. The normalized spacial score (nSPS) is 15.5. The number of rotatable bonds is 11. The van der Waals surface area contributed by atoms with Crippen LogP contribution in [0.5, 0.6) is 5.75 Å². The predicted octanol–water partition coefficient (Wildman–Crippen LogP) is 4.72. The topological polar surface area (TPSA) is 101 Å². The number of aliphatic carboxylic acids is 1. The molecule has 2 heterocycles. The molecule has 0 amide bonds. The summed E-state index contributed by atoms with van der Waals surface area (Å²) in [6.07, 6.45) is 4.73. The Labute approximate surface area is 219 Å². The molecule has 3 aromatic rings. The number of hydrogen-bond donors (Lipinski definition) is 3. The number of benzene rings is 2. The molecule has 0 unspecified atom stereocenters. The second-order valence-corrected chi connectivity index (χ2v) is 9.81. The van der Waals surface area contributed by atoms with Gasteiger partial charge < -0.3 is 25.8 Å². The summed E-state index contributed by atoms with van der Waals surface area (Å²) in [5.74, 6) is -4.03. The number of pyridine rings is 1. The molecule has 4 rings (SSSR count). The largest absolute Gasteiger partial charge is 0.497 e. The first-order valence-corrected chi connectivity index (χ1v) is 12.7. The molecule has 4 N–H and O–H groups in total. The molecule has 0 spiro atoms. The number of anilines is 1. The second kappa shape index (κ2) is 12.0. The summed E-state index contributed by atoms with van der Waals surface area (Å²) in [6.45, 7) is 2.51. The lowest BCUT2D eigenvalue weighted by Crippen LogP contribution is -2.45. The number of nitrogens with one attached hydrogen (secondary N) is 1. The van der Waals surface area contributed by atoms with Crippen molar-refractivity contribution in [3.05, 3.63) is 65.1 Å². The molecule has 1 aromatic heterocycles. The van der Waals surface area contributed by atoms with E-state index in [2.05, 4.69) is 15.2 Å². The van der Waals surface area contributed by atoms with Crippen LogP contribution in [0.2, 0.25) is 0 Å². The van der Waals surface area contributed by atoms with Gasteiger partial charge in [0.15, 0.2) is 17.5 Å². The van der Waals surface area contributed by atoms with Crippen molar-refractivity contribution in [2.24, 2.45) is 11.1 Å². The molecular weight excluding hydrogens is 497 g/mol. The van der Waals surface area contributed by atoms with Crippen molar-refractivity contribution in [1.82, 2.24) is 9.88 Å². The Hall–Kier alpha value is -3.37. The number of halogens is 3. The molecule has 10 heteroatoms. The number of carboxylic acids is 1. The van der Waals surface area contributed by atoms with E-state index in [0.717, 1.165) is 39.9 Å². The van der Waals surface area contributed by atoms with Crippen LogP contribution in [0.1, 0.15) is 36.8 Å². The van der Waals surface area contributed by atoms with E-state index in [1.165, 1.54) is 0 Å². The maximum Gasteiger partial charge on any atom is 0.309 e. The number of aromatic nitrogens is 1. The highest BCUT2D eigenvalue weighted by Gasteiger charge is 2.40. The third-order valence-corrected chi connectivity index (χ3v) is 7.59. The zero-order chi connectivity index (χ0) is 27.3. The maximum atomic E-state index is 13.4. The molecule has 7 nitrogen and oxygen atoms in total. The van der Waals surface area contributed by atoms with Crippen molar-refractivity contribution >= 4 is 22.6 Å². The average molecular weight is 531 g/mol. The molecule has 2 aromatic carbocycles. The molecular formula is C28H33F3N4O3. The average Bonchev–Trinajstić information content (AvgIpc) is 2.92. The smallest absolute Gasteiger partial charge is 0.309 e. The summed E-state index contributed by atoms with van der Waals surface area (Å²) in [4.78, 5) is 19.0. The minimum atomic E-state index is -1.49. The van der Waals surface area contributed by atoms with Crippen LogP contribution in [0, 0.1) is 22.9 Å². The fourth-order valence-electron chi connectivity index (χ4n) is 5.26. The van der Waals surface area contributed by atoms with E-state index < -0.39 is 28.8 Å². The number of carbonyl (C=O) groups is 1. The highest BCUT2D eigenvalue weighted by atomic mass is 19.2. The van der Waals surface area contributed by atoms with Crippen LogP contribution in [-0.2, 0) is 17.8 Å². The van der Waals surface area contributed by atoms with E-state index in [1.54, 1.807) is 13.3 Å². The minimum Gasteiger partial charge on any atom is -0.497 e. The fraction of sp³-hybridized carbons (Fsp3) is 0.429. The number of piperidine rings is 1. The Kier molecular flexibility index (Phi) is 8.73. The van der Waals surface area contributed by atoms with Crippen molar-refractivity contribution < 1.29 is 27.8 Å². The van der Waals surface area contributed by atoms with E-state index in [9.17, 15) is 23.1 Å². The van der Waals surface area contributed by atoms with Gasteiger partial charge in [-0.25, -0.2) is 13.2 Å². The molecule has 0 saturated carbocycles. The quantitative estimate of drug-likeness (QED) is 0.309.